The molecule has 1 fully saturated rings. The quantitative estimate of drug-likeness (QED) is 0.908. The van der Waals surface area contributed by atoms with Crippen molar-refractivity contribution in [3.63, 3.8) is 0 Å². The van der Waals surface area contributed by atoms with Crippen LogP contribution in [0.5, 0.6) is 0 Å². The molecule has 1 saturated carbocycles. The molecule has 1 aromatic carbocycles. The van der Waals surface area contributed by atoms with Crippen LogP contribution in [-0.2, 0) is 6.54 Å². The van der Waals surface area contributed by atoms with Crippen LogP contribution in [0, 0.1) is 5.41 Å². The van der Waals surface area contributed by atoms with Crippen LogP contribution >= 0.6 is 11.6 Å². The van der Waals surface area contributed by atoms with Crippen molar-refractivity contribution in [2.24, 2.45) is 5.41 Å². The fourth-order valence-corrected chi connectivity index (χ4v) is 2.78. The molecular weight excluding hydrogens is 324 g/mol. The first-order chi connectivity index (χ1) is 10.8. The highest BCUT2D eigenvalue weighted by Crippen LogP contribution is 2.66. The molecule has 3 rings (SSSR count). The number of aromatic nitrogens is 3. The van der Waals surface area contributed by atoms with E-state index in [-0.39, 0.29) is 13.0 Å². The smallest absolute Gasteiger partial charge is 0.257 e. The molecule has 2 aromatic rings. The Kier molecular flexibility index (Phi) is 3.77. The average Bonchev–Trinajstić information content (AvgIpc) is 2.86. The average molecular weight is 340 g/mol. The zero-order valence-electron chi connectivity index (χ0n) is 12.5. The van der Waals surface area contributed by atoms with Crippen molar-refractivity contribution in [3.8, 4) is 0 Å². The minimum atomic E-state index is -2.91. The van der Waals surface area contributed by atoms with Crippen molar-refractivity contribution in [2.75, 3.05) is 0 Å². The Balaban J connectivity index is 1.91. The molecule has 0 saturated heterocycles. The van der Waals surface area contributed by atoms with Gasteiger partial charge in [0.25, 0.3) is 5.92 Å². The van der Waals surface area contributed by atoms with Gasteiger partial charge in [-0.1, -0.05) is 36.7 Å². The Morgan fingerprint density at radius 2 is 2.04 bits per heavy atom. The molecule has 0 aliphatic heterocycles. The van der Waals surface area contributed by atoms with E-state index in [0.29, 0.717) is 5.02 Å². The molecule has 0 spiro atoms. The molecule has 2 atom stereocenters. The normalized spacial score (nSPS) is 25.4. The fraction of sp³-hybridized carbons (Fsp3) is 0.375. The molecule has 7 heteroatoms. The Bertz CT molecular complexity index is 717. The molecule has 122 valence electrons. The second-order valence-electron chi connectivity index (χ2n) is 6.12. The summed E-state index contributed by atoms with van der Waals surface area (Å²) in [7, 11) is 0. The monoisotopic (exact) mass is 339 g/mol. The van der Waals surface area contributed by atoms with Crippen LogP contribution in [0.2, 0.25) is 5.02 Å². The summed E-state index contributed by atoms with van der Waals surface area (Å²) in [5.41, 5.74) is -2.52. The topological polar surface area (TPSA) is 50.9 Å². The summed E-state index contributed by atoms with van der Waals surface area (Å²) < 4.78 is 29.0. The first-order valence-electron chi connectivity index (χ1n) is 7.13. The van der Waals surface area contributed by atoms with E-state index in [1.165, 1.54) is 30.3 Å². The van der Waals surface area contributed by atoms with Gasteiger partial charge in [-0.3, -0.25) is 0 Å². The largest absolute Gasteiger partial charge is 0.383 e. The Morgan fingerprint density at radius 3 is 2.57 bits per heavy atom. The number of alkyl halides is 2. The van der Waals surface area contributed by atoms with Crippen LogP contribution < -0.4 is 0 Å². The predicted octanol–water partition coefficient (Wildman–Crippen LogP) is 3.42. The molecule has 0 bridgehead atoms. The van der Waals surface area contributed by atoms with Gasteiger partial charge in [0.2, 0.25) is 0 Å². The van der Waals surface area contributed by atoms with E-state index in [4.69, 9.17) is 11.6 Å². The summed E-state index contributed by atoms with van der Waals surface area (Å²) in [5, 5.41) is 15.4. The van der Waals surface area contributed by atoms with E-state index in [1.54, 1.807) is 30.3 Å². The molecule has 2 unspecified atom stereocenters. The van der Waals surface area contributed by atoms with Gasteiger partial charge in [0.05, 0.1) is 12.0 Å². The summed E-state index contributed by atoms with van der Waals surface area (Å²) in [4.78, 5) is 3.79. The lowest BCUT2D eigenvalue weighted by molar-refractivity contribution is -0.0565. The summed E-state index contributed by atoms with van der Waals surface area (Å²) >= 11 is 5.83. The number of nitrogens with zero attached hydrogens (tertiary/aromatic N) is 3. The predicted molar refractivity (Wildman–Crippen MR) is 83.1 cm³/mol. The maximum Gasteiger partial charge on any atom is 0.257 e. The van der Waals surface area contributed by atoms with E-state index in [0.717, 1.165) is 5.56 Å². The maximum absolute atomic E-state index is 13.8. The van der Waals surface area contributed by atoms with Gasteiger partial charge in [0, 0.05) is 11.4 Å². The minimum absolute atomic E-state index is 0.0941. The number of hydrogen-bond donors (Lipinski definition) is 1. The molecule has 0 radical (unpaired) electrons. The van der Waals surface area contributed by atoms with Gasteiger partial charge in [-0.15, -0.1) is 0 Å². The van der Waals surface area contributed by atoms with Gasteiger partial charge in [0.15, 0.2) is 0 Å². The van der Waals surface area contributed by atoms with Crippen molar-refractivity contribution in [1.82, 2.24) is 14.8 Å². The highest BCUT2D eigenvalue weighted by molar-refractivity contribution is 6.30. The first kappa shape index (κ1) is 16.1. The van der Waals surface area contributed by atoms with Crippen LogP contribution in [0.15, 0.2) is 43.0 Å². The van der Waals surface area contributed by atoms with Crippen LogP contribution in [0.3, 0.4) is 0 Å². The zero-order valence-corrected chi connectivity index (χ0v) is 13.2. The summed E-state index contributed by atoms with van der Waals surface area (Å²) in [6.07, 6.45) is 5.36. The van der Waals surface area contributed by atoms with E-state index in [9.17, 15) is 13.9 Å². The highest BCUT2D eigenvalue weighted by atomic mass is 35.5. The van der Waals surface area contributed by atoms with Crippen molar-refractivity contribution in [1.29, 1.82) is 0 Å². The molecule has 4 nitrogen and oxygen atoms in total. The van der Waals surface area contributed by atoms with Crippen LogP contribution in [0.1, 0.15) is 18.9 Å². The summed E-state index contributed by atoms with van der Waals surface area (Å²) in [5.74, 6) is -2.91. The van der Waals surface area contributed by atoms with Crippen LogP contribution in [0.4, 0.5) is 8.78 Å². The molecule has 23 heavy (non-hydrogen) atoms. The Morgan fingerprint density at radius 1 is 1.39 bits per heavy atom. The number of hydrogen-bond acceptors (Lipinski definition) is 3. The van der Waals surface area contributed by atoms with Gasteiger partial charge in [-0.05, 0) is 23.8 Å². The van der Waals surface area contributed by atoms with Gasteiger partial charge >= 0.3 is 0 Å². The number of aliphatic hydroxyl groups is 1. The molecule has 1 aliphatic carbocycles. The summed E-state index contributed by atoms with van der Waals surface area (Å²) in [6, 6.07) is 6.90. The molecular formula is C16H16ClF2N3O. The second kappa shape index (κ2) is 5.39. The Labute approximate surface area is 137 Å². The third-order valence-electron chi connectivity index (χ3n) is 4.50. The lowest BCUT2D eigenvalue weighted by atomic mass is 9.84. The van der Waals surface area contributed by atoms with Crippen LogP contribution in [-0.4, -0.2) is 31.4 Å². The van der Waals surface area contributed by atoms with Crippen molar-refractivity contribution < 1.29 is 13.9 Å². The molecule has 1 aliphatic rings. The van der Waals surface area contributed by atoms with Gasteiger partial charge in [0.1, 0.15) is 18.3 Å². The van der Waals surface area contributed by atoms with Crippen molar-refractivity contribution in [2.45, 2.75) is 31.4 Å². The molecule has 1 N–H and O–H groups in total. The Hall–Kier alpha value is -1.79. The first-order valence-corrected chi connectivity index (χ1v) is 7.51. The third kappa shape index (κ3) is 2.88. The fourth-order valence-electron chi connectivity index (χ4n) is 2.65. The van der Waals surface area contributed by atoms with E-state index >= 15 is 0 Å². The van der Waals surface area contributed by atoms with Crippen LogP contribution in [0.25, 0.3) is 6.08 Å². The lowest BCUT2D eigenvalue weighted by Gasteiger charge is -2.31. The van der Waals surface area contributed by atoms with Crippen molar-refractivity contribution >= 4 is 17.7 Å². The number of rotatable bonds is 5. The van der Waals surface area contributed by atoms with E-state index in [2.05, 4.69) is 10.1 Å². The van der Waals surface area contributed by atoms with Gasteiger partial charge < -0.3 is 5.11 Å². The molecule has 1 heterocycles. The SMILES string of the molecule is CC1(C(O)(C=Cc2ccc(Cl)cc2)Cn2cncn2)CC1(F)F. The minimum Gasteiger partial charge on any atom is -0.383 e. The second-order valence-corrected chi connectivity index (χ2v) is 6.55. The van der Waals surface area contributed by atoms with E-state index < -0.39 is 16.9 Å². The molecule has 0 amide bonds. The van der Waals surface area contributed by atoms with Gasteiger partial charge in [-0.2, -0.15) is 5.10 Å². The molecule has 1 aromatic heterocycles. The zero-order chi connectivity index (χ0) is 16.7. The maximum atomic E-state index is 13.8. The summed E-state index contributed by atoms with van der Waals surface area (Å²) in [6.45, 7) is 1.29. The number of halogens is 3. The van der Waals surface area contributed by atoms with Gasteiger partial charge in [-0.25, -0.2) is 18.4 Å². The van der Waals surface area contributed by atoms with Crippen molar-refractivity contribution in [3.05, 3.63) is 53.6 Å². The standard InChI is InChI=1S/C16H16ClF2N3O/c1-14(8-16(14,18)19)15(23,9-22-11-20-10-21-22)7-6-12-2-4-13(17)5-3-12/h2-7,10-11,23H,8-9H2,1H3. The number of benzene rings is 1. The lowest BCUT2D eigenvalue weighted by Crippen LogP contribution is -2.43. The van der Waals surface area contributed by atoms with E-state index in [1.807, 2.05) is 0 Å². The highest BCUT2D eigenvalue weighted by Gasteiger charge is 2.76. The third-order valence-corrected chi connectivity index (χ3v) is 4.76.